The number of aromatic nitrogens is 3. The first-order valence-electron chi connectivity index (χ1n) is 6.82. The van der Waals surface area contributed by atoms with E-state index in [-0.39, 0.29) is 11.2 Å². The molecule has 1 aliphatic rings. The highest BCUT2D eigenvalue weighted by atomic mass is 16.1. The van der Waals surface area contributed by atoms with Gasteiger partial charge in [0.15, 0.2) is 0 Å². The van der Waals surface area contributed by atoms with E-state index < -0.39 is 0 Å². The Labute approximate surface area is 108 Å². The second kappa shape index (κ2) is 5.61. The van der Waals surface area contributed by atoms with Crippen molar-refractivity contribution in [1.29, 1.82) is 0 Å². The highest BCUT2D eigenvalue weighted by molar-refractivity contribution is 5.86. The minimum absolute atomic E-state index is 0.243. The Hall–Kier alpha value is -1.23. The summed E-state index contributed by atoms with van der Waals surface area (Å²) in [6, 6.07) is 0. The van der Waals surface area contributed by atoms with Gasteiger partial charge in [0.05, 0.1) is 6.42 Å². The number of ketones is 1. The van der Waals surface area contributed by atoms with Crippen LogP contribution in [0, 0.1) is 5.41 Å². The van der Waals surface area contributed by atoms with Crippen molar-refractivity contribution >= 4 is 5.78 Å². The third kappa shape index (κ3) is 2.46. The van der Waals surface area contributed by atoms with E-state index in [1.54, 1.807) is 4.68 Å². The van der Waals surface area contributed by atoms with Crippen LogP contribution in [0.25, 0.3) is 0 Å². The van der Waals surface area contributed by atoms with Crippen molar-refractivity contribution in [3.63, 3.8) is 0 Å². The van der Waals surface area contributed by atoms with Crippen molar-refractivity contribution < 1.29 is 4.79 Å². The van der Waals surface area contributed by atoms with Gasteiger partial charge in [-0.15, -0.1) is 0 Å². The topological polar surface area (TPSA) is 73.8 Å². The van der Waals surface area contributed by atoms with E-state index in [2.05, 4.69) is 10.1 Å². The zero-order valence-corrected chi connectivity index (χ0v) is 11.1. The lowest BCUT2D eigenvalue weighted by Crippen LogP contribution is -2.41. The van der Waals surface area contributed by atoms with Gasteiger partial charge in [-0.2, -0.15) is 5.10 Å². The number of hydrogen-bond donors (Lipinski definition) is 1. The molecule has 0 amide bonds. The van der Waals surface area contributed by atoms with Gasteiger partial charge in [-0.25, -0.2) is 9.67 Å². The van der Waals surface area contributed by atoms with Gasteiger partial charge < -0.3 is 5.73 Å². The summed E-state index contributed by atoms with van der Waals surface area (Å²) in [5.74, 6) is 1.01. The number of hydrogen-bond acceptors (Lipinski definition) is 4. The first-order valence-corrected chi connectivity index (χ1v) is 6.82. The van der Waals surface area contributed by atoms with E-state index in [0.717, 1.165) is 38.1 Å². The molecular weight excluding hydrogens is 228 g/mol. The molecule has 1 aromatic rings. The monoisotopic (exact) mass is 250 g/mol. The highest BCUT2D eigenvalue weighted by Crippen LogP contribution is 2.36. The van der Waals surface area contributed by atoms with Crippen LogP contribution in [0.15, 0.2) is 6.33 Å². The predicted octanol–water partition coefficient (Wildman–Crippen LogP) is 1.32. The van der Waals surface area contributed by atoms with Crippen molar-refractivity contribution in [2.75, 3.05) is 6.54 Å². The van der Waals surface area contributed by atoms with Gasteiger partial charge >= 0.3 is 0 Å². The van der Waals surface area contributed by atoms with E-state index in [9.17, 15) is 4.79 Å². The first kappa shape index (κ1) is 13.2. The lowest BCUT2D eigenvalue weighted by Gasteiger charge is -2.34. The molecule has 0 atom stereocenters. The van der Waals surface area contributed by atoms with Crippen molar-refractivity contribution in [3.05, 3.63) is 12.2 Å². The van der Waals surface area contributed by atoms with Gasteiger partial charge in [0.2, 0.25) is 0 Å². The van der Waals surface area contributed by atoms with E-state index in [1.165, 1.54) is 12.7 Å². The molecule has 2 rings (SSSR count). The Bertz CT molecular complexity index is 407. The molecule has 1 fully saturated rings. The zero-order chi connectivity index (χ0) is 13.0. The molecule has 0 aliphatic heterocycles. The summed E-state index contributed by atoms with van der Waals surface area (Å²) in [5, 5.41) is 4.10. The van der Waals surface area contributed by atoms with E-state index in [4.69, 9.17) is 5.73 Å². The SMILES string of the molecule is CCn1ncnc1CC(=O)C1(CN)CCCCC1. The number of nitrogens with zero attached hydrogens (tertiary/aromatic N) is 3. The Balaban J connectivity index is 2.10. The van der Waals surface area contributed by atoms with Gasteiger partial charge in [0.1, 0.15) is 17.9 Å². The van der Waals surface area contributed by atoms with E-state index in [0.29, 0.717) is 13.0 Å². The fourth-order valence-corrected chi connectivity index (χ4v) is 2.85. The number of rotatable bonds is 5. The molecule has 0 saturated heterocycles. The van der Waals surface area contributed by atoms with Crippen LogP contribution in [0.4, 0.5) is 0 Å². The third-order valence-corrected chi connectivity index (χ3v) is 4.11. The fraction of sp³-hybridized carbons (Fsp3) is 0.769. The van der Waals surface area contributed by atoms with Crippen LogP contribution in [0.3, 0.4) is 0 Å². The summed E-state index contributed by atoms with van der Waals surface area (Å²) in [5.41, 5.74) is 5.57. The lowest BCUT2D eigenvalue weighted by atomic mass is 9.70. The minimum atomic E-state index is -0.303. The molecule has 1 aromatic heterocycles. The standard InChI is InChI=1S/C13H22N4O/c1-2-17-12(15-10-16-17)8-11(18)13(9-14)6-4-3-5-7-13/h10H,2-9,14H2,1H3. The number of aryl methyl sites for hydroxylation is 1. The maximum atomic E-state index is 12.5. The highest BCUT2D eigenvalue weighted by Gasteiger charge is 2.38. The quantitative estimate of drug-likeness (QED) is 0.855. The Morgan fingerprint density at radius 2 is 2.17 bits per heavy atom. The number of Topliss-reactive ketones (excluding diaryl/α,β-unsaturated/α-hetero) is 1. The van der Waals surface area contributed by atoms with Gasteiger partial charge in [-0.3, -0.25) is 4.79 Å². The maximum Gasteiger partial charge on any atom is 0.147 e. The van der Waals surface area contributed by atoms with E-state index in [1.807, 2.05) is 6.92 Å². The zero-order valence-electron chi connectivity index (χ0n) is 11.1. The second-order valence-electron chi connectivity index (χ2n) is 5.14. The van der Waals surface area contributed by atoms with Gasteiger partial charge in [0.25, 0.3) is 0 Å². The molecule has 1 saturated carbocycles. The molecule has 1 aliphatic carbocycles. The molecule has 0 unspecified atom stereocenters. The van der Waals surface area contributed by atoms with Crippen LogP contribution in [-0.2, 0) is 17.8 Å². The molecule has 18 heavy (non-hydrogen) atoms. The van der Waals surface area contributed by atoms with E-state index >= 15 is 0 Å². The van der Waals surface area contributed by atoms with Gasteiger partial charge in [-0.1, -0.05) is 19.3 Å². The molecule has 0 spiro atoms. The Kier molecular flexibility index (Phi) is 4.11. The molecule has 0 aromatic carbocycles. The summed E-state index contributed by atoms with van der Waals surface area (Å²) in [6.07, 6.45) is 7.20. The van der Waals surface area contributed by atoms with Gasteiger partial charge in [-0.05, 0) is 19.8 Å². The summed E-state index contributed by atoms with van der Waals surface area (Å²) >= 11 is 0. The largest absolute Gasteiger partial charge is 0.329 e. The maximum absolute atomic E-state index is 12.5. The minimum Gasteiger partial charge on any atom is -0.329 e. The molecule has 0 bridgehead atoms. The number of carbonyl (C=O) groups is 1. The Morgan fingerprint density at radius 3 is 2.78 bits per heavy atom. The smallest absolute Gasteiger partial charge is 0.147 e. The van der Waals surface area contributed by atoms with Crippen LogP contribution in [0.2, 0.25) is 0 Å². The fourth-order valence-electron chi connectivity index (χ4n) is 2.85. The van der Waals surface area contributed by atoms with Crippen molar-refractivity contribution in [3.8, 4) is 0 Å². The predicted molar refractivity (Wildman–Crippen MR) is 69.0 cm³/mol. The second-order valence-corrected chi connectivity index (χ2v) is 5.14. The normalized spacial score (nSPS) is 18.8. The van der Waals surface area contributed by atoms with Crippen LogP contribution in [0.1, 0.15) is 44.9 Å². The molecule has 100 valence electrons. The summed E-state index contributed by atoms with van der Waals surface area (Å²) in [6.45, 7) is 3.21. The van der Waals surface area contributed by atoms with Crippen LogP contribution < -0.4 is 5.73 Å². The molecular formula is C13H22N4O. The molecule has 0 radical (unpaired) electrons. The molecule has 1 heterocycles. The summed E-state index contributed by atoms with van der Waals surface area (Å²) in [7, 11) is 0. The molecule has 5 heteroatoms. The third-order valence-electron chi connectivity index (χ3n) is 4.11. The molecule has 5 nitrogen and oxygen atoms in total. The van der Waals surface area contributed by atoms with Crippen molar-refractivity contribution in [1.82, 2.24) is 14.8 Å². The molecule has 2 N–H and O–H groups in total. The van der Waals surface area contributed by atoms with Crippen molar-refractivity contribution in [2.24, 2.45) is 11.1 Å². The van der Waals surface area contributed by atoms with Crippen LogP contribution in [0.5, 0.6) is 0 Å². The first-order chi connectivity index (χ1) is 8.72. The van der Waals surface area contributed by atoms with Crippen LogP contribution >= 0.6 is 0 Å². The average Bonchev–Trinajstić information content (AvgIpc) is 2.86. The number of carbonyl (C=O) groups excluding carboxylic acids is 1. The Morgan fingerprint density at radius 1 is 1.44 bits per heavy atom. The van der Waals surface area contributed by atoms with Gasteiger partial charge in [0, 0.05) is 18.5 Å². The van der Waals surface area contributed by atoms with Crippen molar-refractivity contribution in [2.45, 2.75) is 52.0 Å². The summed E-state index contributed by atoms with van der Waals surface area (Å²) in [4.78, 5) is 16.7. The van der Waals surface area contributed by atoms with Crippen LogP contribution in [-0.4, -0.2) is 27.1 Å². The summed E-state index contributed by atoms with van der Waals surface area (Å²) < 4.78 is 1.78. The average molecular weight is 250 g/mol. The lowest BCUT2D eigenvalue weighted by molar-refractivity contribution is -0.129. The number of nitrogens with two attached hydrogens (primary N) is 1.